The summed E-state index contributed by atoms with van der Waals surface area (Å²) < 4.78 is 10.9. The van der Waals surface area contributed by atoms with Gasteiger partial charge in [0.15, 0.2) is 5.79 Å². The highest BCUT2D eigenvalue weighted by Gasteiger charge is 2.38. The fraction of sp³-hybridized carbons (Fsp3) is 0.357. The van der Waals surface area contributed by atoms with Gasteiger partial charge in [0, 0.05) is 4.90 Å². The smallest absolute Gasteiger partial charge is 0.203 e. The van der Waals surface area contributed by atoms with Crippen LogP contribution in [0.5, 0.6) is 0 Å². The summed E-state index contributed by atoms with van der Waals surface area (Å²) in [4.78, 5) is 13.3. The zero-order valence-corrected chi connectivity index (χ0v) is 11.6. The molecular weight excluding hydrogens is 264 g/mol. The van der Waals surface area contributed by atoms with Crippen LogP contribution in [0, 0.1) is 0 Å². The Morgan fingerprint density at radius 3 is 2.63 bits per heavy atom. The minimum absolute atomic E-state index is 0.207. The van der Waals surface area contributed by atoms with Gasteiger partial charge in [0.25, 0.3) is 0 Å². The molecule has 102 valence electrons. The van der Waals surface area contributed by atoms with Crippen molar-refractivity contribution in [2.24, 2.45) is 0 Å². The number of aliphatic hydroxyl groups is 1. The van der Waals surface area contributed by atoms with E-state index in [9.17, 15) is 9.90 Å². The first kappa shape index (κ1) is 14.1. The maximum atomic E-state index is 12.2. The van der Waals surface area contributed by atoms with Crippen LogP contribution in [-0.2, 0) is 14.3 Å². The number of benzene rings is 1. The van der Waals surface area contributed by atoms with Gasteiger partial charge < -0.3 is 14.6 Å². The molecule has 1 fully saturated rings. The summed E-state index contributed by atoms with van der Waals surface area (Å²) >= 11 is 1.21. The molecule has 1 atom stereocenters. The molecule has 0 amide bonds. The largest absolute Gasteiger partial charge is 0.514 e. The van der Waals surface area contributed by atoms with E-state index in [0.29, 0.717) is 0 Å². The van der Waals surface area contributed by atoms with Crippen LogP contribution in [0.25, 0.3) is 0 Å². The quantitative estimate of drug-likeness (QED) is 0.522. The number of hydrogen-bond acceptors (Lipinski definition) is 5. The van der Waals surface area contributed by atoms with E-state index < -0.39 is 11.9 Å². The lowest BCUT2D eigenvalue weighted by Gasteiger charge is -2.16. The number of ether oxygens (including phenoxy) is 2. The van der Waals surface area contributed by atoms with Gasteiger partial charge in [-0.05, 0) is 26.0 Å². The van der Waals surface area contributed by atoms with Gasteiger partial charge >= 0.3 is 0 Å². The molecule has 1 aliphatic heterocycles. The Labute approximate surface area is 116 Å². The molecule has 0 spiro atoms. The molecule has 0 unspecified atom stereocenters. The van der Waals surface area contributed by atoms with Crippen molar-refractivity contribution in [2.75, 3.05) is 6.61 Å². The van der Waals surface area contributed by atoms with Crippen molar-refractivity contribution >= 4 is 17.5 Å². The minimum atomic E-state index is -0.752. The molecule has 1 heterocycles. The average Bonchev–Trinajstić information content (AvgIpc) is 2.77. The molecule has 1 aromatic rings. The molecule has 0 bridgehead atoms. The first-order valence-corrected chi connectivity index (χ1v) is 6.77. The van der Waals surface area contributed by atoms with Crippen LogP contribution in [0.15, 0.2) is 46.4 Å². The molecule has 2 rings (SSSR count). The predicted molar refractivity (Wildman–Crippen MR) is 72.9 cm³/mol. The first-order valence-electron chi connectivity index (χ1n) is 5.95. The van der Waals surface area contributed by atoms with E-state index in [0.717, 1.165) is 11.2 Å². The molecular formula is C14H16O4S. The van der Waals surface area contributed by atoms with Crippen molar-refractivity contribution in [3.8, 4) is 0 Å². The third-order valence-corrected chi connectivity index (χ3v) is 3.67. The first-order chi connectivity index (χ1) is 9.02. The summed E-state index contributed by atoms with van der Waals surface area (Å²) in [5.41, 5.74) is 0. The Bertz CT molecular complexity index is 481. The lowest BCUT2D eigenvalue weighted by atomic mass is 10.2. The Hall–Kier alpha value is -1.30. The normalized spacial score (nSPS) is 22.4. The zero-order valence-electron chi connectivity index (χ0n) is 10.8. The number of carbonyl (C=O) groups is 1. The van der Waals surface area contributed by atoms with E-state index in [1.54, 1.807) is 13.8 Å². The SMILES string of the molecule is CC1(C)OC[C@@H](C(=O)/C(=C\O)Sc2ccccc2)O1. The van der Waals surface area contributed by atoms with Crippen LogP contribution in [0.3, 0.4) is 0 Å². The van der Waals surface area contributed by atoms with E-state index in [4.69, 9.17) is 9.47 Å². The van der Waals surface area contributed by atoms with Gasteiger partial charge in [-0.3, -0.25) is 4.79 Å². The van der Waals surface area contributed by atoms with E-state index in [2.05, 4.69) is 0 Å². The molecule has 0 aromatic heterocycles. The third-order valence-electron chi connectivity index (χ3n) is 2.63. The summed E-state index contributed by atoms with van der Waals surface area (Å²) in [7, 11) is 0. The van der Waals surface area contributed by atoms with Crippen LogP contribution in [-0.4, -0.2) is 29.4 Å². The zero-order chi connectivity index (χ0) is 13.9. The van der Waals surface area contributed by atoms with Gasteiger partial charge in [-0.25, -0.2) is 0 Å². The maximum Gasteiger partial charge on any atom is 0.203 e. The van der Waals surface area contributed by atoms with Crippen molar-refractivity contribution in [3.63, 3.8) is 0 Å². The van der Waals surface area contributed by atoms with Crippen LogP contribution in [0.1, 0.15) is 13.8 Å². The summed E-state index contributed by atoms with van der Waals surface area (Å²) in [5, 5.41) is 9.25. The fourth-order valence-electron chi connectivity index (χ4n) is 1.73. The molecule has 1 aliphatic rings. The average molecular weight is 280 g/mol. The van der Waals surface area contributed by atoms with Gasteiger partial charge in [-0.2, -0.15) is 0 Å². The second-order valence-electron chi connectivity index (χ2n) is 4.59. The third kappa shape index (κ3) is 3.59. The number of rotatable bonds is 4. The standard InChI is InChI=1S/C14H16O4S/c1-14(2)17-9-11(18-14)13(16)12(8-15)19-10-6-4-3-5-7-10/h3-8,11,15H,9H2,1-2H3/b12-8+/t11-/m0/s1. The highest BCUT2D eigenvalue weighted by molar-refractivity contribution is 8.04. The van der Waals surface area contributed by atoms with Crippen molar-refractivity contribution in [1.29, 1.82) is 0 Å². The van der Waals surface area contributed by atoms with Gasteiger partial charge in [0.2, 0.25) is 5.78 Å². The molecule has 19 heavy (non-hydrogen) atoms. The van der Waals surface area contributed by atoms with Crippen molar-refractivity contribution in [3.05, 3.63) is 41.5 Å². The van der Waals surface area contributed by atoms with Gasteiger partial charge in [-0.15, -0.1) is 0 Å². The van der Waals surface area contributed by atoms with Crippen molar-refractivity contribution < 1.29 is 19.4 Å². The predicted octanol–water partition coefficient (Wildman–Crippen LogP) is 2.90. The van der Waals surface area contributed by atoms with Crippen molar-refractivity contribution in [1.82, 2.24) is 0 Å². The van der Waals surface area contributed by atoms with E-state index in [1.807, 2.05) is 30.3 Å². The molecule has 4 nitrogen and oxygen atoms in total. The van der Waals surface area contributed by atoms with E-state index >= 15 is 0 Å². The lowest BCUT2D eigenvalue weighted by molar-refractivity contribution is -0.149. The topological polar surface area (TPSA) is 55.8 Å². The van der Waals surface area contributed by atoms with Crippen LogP contribution in [0.2, 0.25) is 0 Å². The molecule has 1 saturated heterocycles. The van der Waals surface area contributed by atoms with Crippen molar-refractivity contribution in [2.45, 2.75) is 30.6 Å². The summed E-state index contributed by atoms with van der Waals surface area (Å²) in [6.07, 6.45) is 0.166. The highest BCUT2D eigenvalue weighted by atomic mass is 32.2. The second-order valence-corrected chi connectivity index (χ2v) is 5.71. The van der Waals surface area contributed by atoms with Crippen LogP contribution in [0.4, 0.5) is 0 Å². The number of Topliss-reactive ketones (excluding diaryl/α,β-unsaturated/α-hetero) is 1. The molecule has 0 saturated carbocycles. The Kier molecular flexibility index (Phi) is 4.29. The Morgan fingerprint density at radius 2 is 2.11 bits per heavy atom. The van der Waals surface area contributed by atoms with Crippen LogP contribution >= 0.6 is 11.8 Å². The number of carbonyl (C=O) groups excluding carboxylic acids is 1. The summed E-state index contributed by atoms with van der Waals surface area (Å²) in [6, 6.07) is 9.39. The van der Waals surface area contributed by atoms with E-state index in [1.165, 1.54) is 11.8 Å². The Morgan fingerprint density at radius 1 is 1.42 bits per heavy atom. The van der Waals surface area contributed by atoms with Gasteiger partial charge in [-0.1, -0.05) is 30.0 Å². The number of hydrogen-bond donors (Lipinski definition) is 1. The fourth-order valence-corrected chi connectivity index (χ4v) is 2.56. The maximum absolute atomic E-state index is 12.2. The van der Waals surface area contributed by atoms with E-state index in [-0.39, 0.29) is 17.3 Å². The number of aliphatic hydroxyl groups excluding tert-OH is 1. The van der Waals surface area contributed by atoms with Gasteiger partial charge in [0.1, 0.15) is 6.10 Å². The molecule has 0 aliphatic carbocycles. The molecule has 1 N–H and O–H groups in total. The lowest BCUT2D eigenvalue weighted by Crippen LogP contribution is -2.27. The number of ketones is 1. The monoisotopic (exact) mass is 280 g/mol. The summed E-state index contributed by atoms with van der Waals surface area (Å²) in [6.45, 7) is 3.72. The second kappa shape index (κ2) is 5.77. The minimum Gasteiger partial charge on any atom is -0.514 e. The molecule has 1 aromatic carbocycles. The summed E-state index contributed by atoms with van der Waals surface area (Å²) in [5.74, 6) is -1.01. The molecule has 0 radical (unpaired) electrons. The molecule has 5 heteroatoms. The van der Waals surface area contributed by atoms with Crippen LogP contribution < -0.4 is 0 Å². The highest BCUT2D eigenvalue weighted by Crippen LogP contribution is 2.31. The number of thioether (sulfide) groups is 1. The van der Waals surface area contributed by atoms with Gasteiger partial charge in [0.05, 0.1) is 17.8 Å². The Balaban J connectivity index is 2.05.